The molecule has 0 spiro atoms. The highest BCUT2D eigenvalue weighted by Gasteiger charge is 2.21. The smallest absolute Gasteiger partial charge is 0.257 e. The van der Waals surface area contributed by atoms with Gasteiger partial charge >= 0.3 is 0 Å². The molecule has 0 atom stereocenters. The second kappa shape index (κ2) is 8.36. The molecule has 28 heavy (non-hydrogen) atoms. The van der Waals surface area contributed by atoms with Crippen molar-refractivity contribution in [3.05, 3.63) is 43.2 Å². The molecule has 4 heterocycles. The molecule has 0 unspecified atom stereocenters. The van der Waals surface area contributed by atoms with Gasteiger partial charge < -0.3 is 4.42 Å². The summed E-state index contributed by atoms with van der Waals surface area (Å²) in [6, 6.07) is 6.61. The van der Waals surface area contributed by atoms with Gasteiger partial charge in [-0.1, -0.05) is 0 Å². The van der Waals surface area contributed by atoms with Crippen molar-refractivity contribution >= 4 is 38.6 Å². The first kappa shape index (κ1) is 18.9. The number of thiophene rings is 2. The number of nitrogens with zero attached hydrogens (tertiary/aromatic N) is 4. The van der Waals surface area contributed by atoms with Crippen molar-refractivity contribution in [2.75, 3.05) is 26.2 Å². The van der Waals surface area contributed by atoms with Crippen LogP contribution in [0, 0.1) is 0 Å². The maximum absolute atomic E-state index is 6.00. The Balaban J connectivity index is 1.16. The van der Waals surface area contributed by atoms with Gasteiger partial charge in [-0.15, -0.1) is 32.9 Å². The average Bonchev–Trinajstić information content (AvgIpc) is 3.43. The standard InChI is InChI=1S/C20H23BrN4OS2/c21-18-6-5-15(27-18)12-24-7-9-25(10-8-24)13-19-22-23-20(26-19)17-11-14-3-1-2-4-16(14)28-17/h5-6,11H,1-4,7-10,12-13H2. The molecule has 2 aliphatic rings. The fourth-order valence-corrected chi connectivity index (χ4v) is 6.67. The van der Waals surface area contributed by atoms with Crippen molar-refractivity contribution < 1.29 is 4.42 Å². The highest BCUT2D eigenvalue weighted by atomic mass is 79.9. The summed E-state index contributed by atoms with van der Waals surface area (Å²) in [6.07, 6.45) is 5.00. The highest BCUT2D eigenvalue weighted by molar-refractivity contribution is 9.11. The van der Waals surface area contributed by atoms with E-state index in [-0.39, 0.29) is 0 Å². The van der Waals surface area contributed by atoms with Crippen LogP contribution in [0.15, 0.2) is 26.4 Å². The fraction of sp³-hybridized carbons (Fsp3) is 0.500. The van der Waals surface area contributed by atoms with Crippen LogP contribution in [0.2, 0.25) is 0 Å². The zero-order chi connectivity index (χ0) is 18.9. The number of rotatable bonds is 5. The van der Waals surface area contributed by atoms with Gasteiger partial charge in [-0.25, -0.2) is 0 Å². The first-order chi connectivity index (χ1) is 13.7. The third-order valence-electron chi connectivity index (χ3n) is 5.51. The Kier molecular flexibility index (Phi) is 5.65. The molecule has 1 aliphatic carbocycles. The maximum atomic E-state index is 6.00. The number of aromatic nitrogens is 2. The number of piperazine rings is 1. The van der Waals surface area contributed by atoms with Crippen LogP contribution in [0.1, 0.15) is 34.1 Å². The zero-order valence-corrected chi connectivity index (χ0v) is 18.9. The molecule has 5 nitrogen and oxygen atoms in total. The van der Waals surface area contributed by atoms with Gasteiger partial charge in [0.05, 0.1) is 15.2 Å². The van der Waals surface area contributed by atoms with Crippen LogP contribution in [0.3, 0.4) is 0 Å². The van der Waals surface area contributed by atoms with Crippen molar-refractivity contribution in [1.29, 1.82) is 0 Å². The summed E-state index contributed by atoms with van der Waals surface area (Å²) in [5.74, 6) is 1.42. The summed E-state index contributed by atoms with van der Waals surface area (Å²) in [4.78, 5) is 9.00. The van der Waals surface area contributed by atoms with E-state index in [1.165, 1.54) is 44.8 Å². The van der Waals surface area contributed by atoms with Gasteiger partial charge in [-0.05, 0) is 65.4 Å². The zero-order valence-electron chi connectivity index (χ0n) is 15.7. The molecule has 0 N–H and O–H groups in total. The van der Waals surface area contributed by atoms with Crippen LogP contribution >= 0.6 is 38.6 Å². The van der Waals surface area contributed by atoms with E-state index in [0.717, 1.165) is 50.0 Å². The Labute approximate surface area is 181 Å². The van der Waals surface area contributed by atoms with Crippen LogP contribution in [-0.4, -0.2) is 46.2 Å². The lowest BCUT2D eigenvalue weighted by atomic mass is 9.99. The SMILES string of the molecule is Brc1ccc(CN2CCN(Cc3nnc(-c4cc5c(s4)CCCC5)o3)CC2)s1. The summed E-state index contributed by atoms with van der Waals surface area (Å²) >= 11 is 7.20. The number of hydrogen-bond acceptors (Lipinski definition) is 7. The highest BCUT2D eigenvalue weighted by Crippen LogP contribution is 2.35. The third kappa shape index (κ3) is 4.26. The molecule has 3 aromatic rings. The van der Waals surface area contributed by atoms with Crippen LogP contribution in [0.4, 0.5) is 0 Å². The molecular formula is C20H23BrN4OS2. The Bertz CT molecular complexity index is 918. The lowest BCUT2D eigenvalue weighted by molar-refractivity contribution is 0.115. The second-order valence-corrected chi connectivity index (χ2v) is 11.2. The summed E-state index contributed by atoms with van der Waals surface area (Å²) in [7, 11) is 0. The predicted octanol–water partition coefficient (Wildman–Crippen LogP) is 4.82. The van der Waals surface area contributed by atoms with E-state index in [9.17, 15) is 0 Å². The Hall–Kier alpha value is -1.06. The van der Waals surface area contributed by atoms with Gasteiger partial charge in [0, 0.05) is 42.5 Å². The van der Waals surface area contributed by atoms with Crippen LogP contribution in [0.25, 0.3) is 10.8 Å². The minimum absolute atomic E-state index is 0.691. The van der Waals surface area contributed by atoms with Crippen LogP contribution in [0.5, 0.6) is 0 Å². The van der Waals surface area contributed by atoms with E-state index in [0.29, 0.717) is 5.89 Å². The molecule has 1 aliphatic heterocycles. The van der Waals surface area contributed by atoms with Crippen molar-refractivity contribution in [3.63, 3.8) is 0 Å². The van der Waals surface area contributed by atoms with Gasteiger partial charge in [0.25, 0.3) is 5.89 Å². The van der Waals surface area contributed by atoms with E-state index in [2.05, 4.69) is 54.1 Å². The predicted molar refractivity (Wildman–Crippen MR) is 117 cm³/mol. The number of aryl methyl sites for hydroxylation is 2. The van der Waals surface area contributed by atoms with E-state index in [4.69, 9.17) is 4.42 Å². The monoisotopic (exact) mass is 478 g/mol. The topological polar surface area (TPSA) is 45.4 Å². The Morgan fingerprint density at radius 3 is 2.50 bits per heavy atom. The van der Waals surface area contributed by atoms with E-state index < -0.39 is 0 Å². The third-order valence-corrected chi connectivity index (χ3v) is 8.34. The summed E-state index contributed by atoms with van der Waals surface area (Å²) in [5, 5.41) is 8.64. The Morgan fingerprint density at radius 2 is 1.75 bits per heavy atom. The maximum Gasteiger partial charge on any atom is 0.257 e. The molecule has 148 valence electrons. The summed E-state index contributed by atoms with van der Waals surface area (Å²) in [5.41, 5.74) is 1.49. The van der Waals surface area contributed by atoms with E-state index >= 15 is 0 Å². The average molecular weight is 479 g/mol. The van der Waals surface area contributed by atoms with Crippen molar-refractivity contribution in [2.24, 2.45) is 0 Å². The summed E-state index contributed by atoms with van der Waals surface area (Å²) < 4.78 is 7.21. The lowest BCUT2D eigenvalue weighted by Gasteiger charge is -2.33. The largest absolute Gasteiger partial charge is 0.419 e. The van der Waals surface area contributed by atoms with Crippen LogP contribution in [-0.2, 0) is 25.9 Å². The molecule has 3 aromatic heterocycles. The van der Waals surface area contributed by atoms with Crippen molar-refractivity contribution in [1.82, 2.24) is 20.0 Å². The number of halogens is 1. The first-order valence-corrected chi connectivity index (χ1v) is 12.3. The quantitative estimate of drug-likeness (QED) is 0.525. The molecule has 1 fully saturated rings. The van der Waals surface area contributed by atoms with Gasteiger partial charge in [-0.3, -0.25) is 9.80 Å². The molecular weight excluding hydrogens is 456 g/mol. The molecule has 5 rings (SSSR count). The molecule has 0 radical (unpaired) electrons. The fourth-order valence-electron chi connectivity index (χ4n) is 3.97. The Morgan fingerprint density at radius 1 is 0.964 bits per heavy atom. The molecule has 0 bridgehead atoms. The van der Waals surface area contributed by atoms with E-state index in [1.807, 2.05) is 22.7 Å². The summed E-state index contributed by atoms with van der Waals surface area (Å²) in [6.45, 7) is 6.02. The molecule has 0 aromatic carbocycles. The number of fused-ring (bicyclic) bond motifs is 1. The lowest BCUT2D eigenvalue weighted by Crippen LogP contribution is -2.45. The molecule has 0 amide bonds. The first-order valence-electron chi connectivity index (χ1n) is 9.86. The van der Waals surface area contributed by atoms with Crippen molar-refractivity contribution in [3.8, 4) is 10.8 Å². The normalized spacial score (nSPS) is 18.5. The minimum atomic E-state index is 0.691. The van der Waals surface area contributed by atoms with Gasteiger partial charge in [0.1, 0.15) is 0 Å². The number of hydrogen-bond donors (Lipinski definition) is 0. The molecule has 0 saturated carbocycles. The van der Waals surface area contributed by atoms with Crippen LogP contribution < -0.4 is 0 Å². The van der Waals surface area contributed by atoms with Gasteiger partial charge in [0.15, 0.2) is 0 Å². The molecule has 8 heteroatoms. The second-order valence-electron chi connectivity index (χ2n) is 7.53. The van der Waals surface area contributed by atoms with Gasteiger partial charge in [0.2, 0.25) is 5.89 Å². The van der Waals surface area contributed by atoms with Gasteiger partial charge in [-0.2, -0.15) is 0 Å². The van der Waals surface area contributed by atoms with Crippen molar-refractivity contribution in [2.45, 2.75) is 38.8 Å². The molecule has 1 saturated heterocycles. The van der Waals surface area contributed by atoms with E-state index in [1.54, 1.807) is 0 Å². The minimum Gasteiger partial charge on any atom is -0.419 e.